The number of esters is 2. The summed E-state index contributed by atoms with van der Waals surface area (Å²) in [6.45, 7) is 3.77. The lowest BCUT2D eigenvalue weighted by molar-refractivity contribution is -0.131. The van der Waals surface area contributed by atoms with Crippen LogP contribution in [0.5, 0.6) is 11.5 Å². The Labute approximate surface area is 129 Å². The van der Waals surface area contributed by atoms with Crippen molar-refractivity contribution in [1.29, 1.82) is 0 Å². The molecule has 112 valence electrons. The van der Waals surface area contributed by atoms with Crippen LogP contribution in [0.1, 0.15) is 11.1 Å². The van der Waals surface area contributed by atoms with Gasteiger partial charge in [0.2, 0.25) is 0 Å². The number of para-hydroxylation sites is 1. The molecular weight excluding hydrogens is 280 g/mol. The van der Waals surface area contributed by atoms with E-state index >= 15 is 0 Å². The highest BCUT2D eigenvalue weighted by molar-refractivity contribution is 5.93. The van der Waals surface area contributed by atoms with Gasteiger partial charge < -0.3 is 9.47 Å². The van der Waals surface area contributed by atoms with Crippen molar-refractivity contribution in [3.63, 3.8) is 0 Å². The molecule has 2 aromatic rings. The molecule has 0 atom stereocenters. The molecule has 0 aromatic heterocycles. The van der Waals surface area contributed by atoms with E-state index in [2.05, 4.69) is 0 Å². The van der Waals surface area contributed by atoms with Gasteiger partial charge in [-0.3, -0.25) is 0 Å². The smallest absolute Gasteiger partial charge is 0.336 e. The van der Waals surface area contributed by atoms with Crippen LogP contribution in [0.4, 0.5) is 0 Å². The van der Waals surface area contributed by atoms with Gasteiger partial charge in [0, 0.05) is 12.2 Å². The van der Waals surface area contributed by atoms with Gasteiger partial charge in [0.1, 0.15) is 11.5 Å². The maximum Gasteiger partial charge on any atom is 0.336 e. The summed E-state index contributed by atoms with van der Waals surface area (Å²) in [5, 5.41) is 0. The molecule has 0 aliphatic carbocycles. The van der Waals surface area contributed by atoms with Gasteiger partial charge in [-0.2, -0.15) is 0 Å². The quantitative estimate of drug-likeness (QED) is 0.493. The minimum atomic E-state index is -0.634. The second-order valence-electron chi connectivity index (χ2n) is 4.75. The molecular formula is C18H16O4. The van der Waals surface area contributed by atoms with Gasteiger partial charge in [0.15, 0.2) is 0 Å². The average molecular weight is 296 g/mol. The summed E-state index contributed by atoms with van der Waals surface area (Å²) in [6.07, 6.45) is 2.09. The molecule has 22 heavy (non-hydrogen) atoms. The molecule has 0 heterocycles. The van der Waals surface area contributed by atoms with Gasteiger partial charge in [0.25, 0.3) is 0 Å². The second-order valence-corrected chi connectivity index (χ2v) is 4.75. The van der Waals surface area contributed by atoms with E-state index in [-0.39, 0.29) is 0 Å². The zero-order valence-electron chi connectivity index (χ0n) is 12.4. The maximum absolute atomic E-state index is 11.6. The number of hydrogen-bond donors (Lipinski definition) is 0. The van der Waals surface area contributed by atoms with E-state index in [9.17, 15) is 9.59 Å². The number of carbonyl (C=O) groups is 2. The van der Waals surface area contributed by atoms with Crippen molar-refractivity contribution >= 4 is 11.9 Å². The zero-order chi connectivity index (χ0) is 15.9. The molecule has 0 spiro atoms. The summed E-state index contributed by atoms with van der Waals surface area (Å²) >= 11 is 0. The Balaban J connectivity index is 1.90. The molecule has 2 aromatic carbocycles. The van der Waals surface area contributed by atoms with Crippen LogP contribution in [-0.2, 0) is 9.59 Å². The molecule has 0 saturated heterocycles. The second kappa shape index (κ2) is 7.22. The summed E-state index contributed by atoms with van der Waals surface area (Å²) in [6, 6.07) is 14.2. The maximum atomic E-state index is 11.6. The monoisotopic (exact) mass is 296 g/mol. The van der Waals surface area contributed by atoms with Gasteiger partial charge in [-0.25, -0.2) is 9.59 Å². The standard InChI is InChI=1S/C18H16O4/c1-13-7-9-15(10-8-13)21-17(19)11-12-18(20)22-16-6-4-3-5-14(16)2/h3-12H,1-2H3/b12-11-. The Morgan fingerprint density at radius 3 is 2.05 bits per heavy atom. The van der Waals surface area contributed by atoms with Crippen LogP contribution in [0, 0.1) is 13.8 Å². The molecule has 0 aliphatic rings. The van der Waals surface area contributed by atoms with Crippen molar-refractivity contribution in [1.82, 2.24) is 0 Å². The lowest BCUT2D eigenvalue weighted by Gasteiger charge is -2.04. The predicted octanol–water partition coefficient (Wildman–Crippen LogP) is 3.37. The van der Waals surface area contributed by atoms with Crippen molar-refractivity contribution in [2.45, 2.75) is 13.8 Å². The van der Waals surface area contributed by atoms with Crippen molar-refractivity contribution in [3.8, 4) is 11.5 Å². The first-order chi connectivity index (χ1) is 10.5. The predicted molar refractivity (Wildman–Crippen MR) is 82.8 cm³/mol. The van der Waals surface area contributed by atoms with Crippen LogP contribution in [0.3, 0.4) is 0 Å². The first-order valence-electron chi connectivity index (χ1n) is 6.78. The molecule has 0 fully saturated rings. The third-order valence-corrected chi connectivity index (χ3v) is 2.90. The minimum Gasteiger partial charge on any atom is -0.423 e. The SMILES string of the molecule is Cc1ccc(OC(=O)/C=C\C(=O)Oc2ccccc2C)cc1. The van der Waals surface area contributed by atoms with Gasteiger partial charge in [0.05, 0.1) is 0 Å². The summed E-state index contributed by atoms with van der Waals surface area (Å²) in [7, 11) is 0. The lowest BCUT2D eigenvalue weighted by Crippen LogP contribution is -2.08. The van der Waals surface area contributed by atoms with E-state index in [1.807, 2.05) is 38.1 Å². The summed E-state index contributed by atoms with van der Waals surface area (Å²) in [4.78, 5) is 23.3. The number of benzene rings is 2. The topological polar surface area (TPSA) is 52.6 Å². The normalized spacial score (nSPS) is 10.5. The summed E-state index contributed by atoms with van der Waals surface area (Å²) < 4.78 is 10.2. The fourth-order valence-corrected chi connectivity index (χ4v) is 1.71. The molecule has 0 amide bonds. The van der Waals surface area contributed by atoms with E-state index < -0.39 is 11.9 Å². The number of rotatable bonds is 4. The Morgan fingerprint density at radius 2 is 1.41 bits per heavy atom. The highest BCUT2D eigenvalue weighted by Crippen LogP contribution is 2.16. The molecule has 0 aliphatic heterocycles. The lowest BCUT2D eigenvalue weighted by atomic mass is 10.2. The highest BCUT2D eigenvalue weighted by atomic mass is 16.5. The van der Waals surface area contributed by atoms with Gasteiger partial charge >= 0.3 is 11.9 Å². The van der Waals surface area contributed by atoms with Crippen LogP contribution in [0.2, 0.25) is 0 Å². The fourth-order valence-electron chi connectivity index (χ4n) is 1.71. The Kier molecular flexibility index (Phi) is 5.09. The number of hydrogen-bond acceptors (Lipinski definition) is 4. The first kappa shape index (κ1) is 15.5. The molecule has 0 unspecified atom stereocenters. The van der Waals surface area contributed by atoms with E-state index in [0.717, 1.165) is 23.3 Å². The van der Waals surface area contributed by atoms with E-state index in [4.69, 9.17) is 9.47 Å². The van der Waals surface area contributed by atoms with Crippen molar-refractivity contribution in [3.05, 3.63) is 71.8 Å². The molecule has 0 bridgehead atoms. The highest BCUT2D eigenvalue weighted by Gasteiger charge is 2.05. The first-order valence-corrected chi connectivity index (χ1v) is 6.78. The van der Waals surface area contributed by atoms with Gasteiger partial charge in [-0.05, 0) is 37.6 Å². The Morgan fingerprint density at radius 1 is 0.818 bits per heavy atom. The van der Waals surface area contributed by atoms with E-state index in [1.54, 1.807) is 24.3 Å². The Hall–Kier alpha value is -2.88. The van der Waals surface area contributed by atoms with Crippen molar-refractivity contribution < 1.29 is 19.1 Å². The van der Waals surface area contributed by atoms with Gasteiger partial charge in [-0.15, -0.1) is 0 Å². The molecule has 4 heteroatoms. The van der Waals surface area contributed by atoms with Crippen LogP contribution in [-0.4, -0.2) is 11.9 Å². The zero-order valence-corrected chi connectivity index (χ0v) is 12.4. The van der Waals surface area contributed by atoms with E-state index in [1.165, 1.54) is 0 Å². The average Bonchev–Trinajstić information content (AvgIpc) is 2.50. The Bertz CT molecular complexity index is 699. The molecule has 4 nitrogen and oxygen atoms in total. The minimum absolute atomic E-state index is 0.424. The van der Waals surface area contributed by atoms with Crippen LogP contribution in [0.25, 0.3) is 0 Å². The third kappa shape index (κ3) is 4.59. The van der Waals surface area contributed by atoms with Crippen LogP contribution in [0.15, 0.2) is 60.7 Å². The van der Waals surface area contributed by atoms with Crippen LogP contribution < -0.4 is 9.47 Å². The third-order valence-electron chi connectivity index (χ3n) is 2.90. The van der Waals surface area contributed by atoms with Crippen molar-refractivity contribution in [2.75, 3.05) is 0 Å². The summed E-state index contributed by atoms with van der Waals surface area (Å²) in [5.41, 5.74) is 1.91. The number of ether oxygens (including phenoxy) is 2. The number of carbonyl (C=O) groups excluding carboxylic acids is 2. The molecule has 0 radical (unpaired) electrons. The number of aryl methyl sites for hydroxylation is 2. The van der Waals surface area contributed by atoms with Crippen molar-refractivity contribution in [2.24, 2.45) is 0 Å². The largest absolute Gasteiger partial charge is 0.423 e. The molecule has 0 N–H and O–H groups in total. The molecule has 0 saturated carbocycles. The van der Waals surface area contributed by atoms with Crippen LogP contribution >= 0.6 is 0 Å². The fraction of sp³-hybridized carbons (Fsp3) is 0.111. The van der Waals surface area contributed by atoms with Gasteiger partial charge in [-0.1, -0.05) is 35.9 Å². The van der Waals surface area contributed by atoms with E-state index in [0.29, 0.717) is 11.5 Å². The molecule has 2 rings (SSSR count). The summed E-state index contributed by atoms with van der Waals surface area (Å²) in [5.74, 6) is -0.377.